The summed E-state index contributed by atoms with van der Waals surface area (Å²) in [7, 11) is 1.61. The van der Waals surface area contributed by atoms with E-state index in [4.69, 9.17) is 5.26 Å². The molecule has 0 spiro atoms. The first-order valence-electron chi connectivity index (χ1n) is 7.77. The first-order chi connectivity index (χ1) is 12.7. The van der Waals surface area contributed by atoms with Gasteiger partial charge in [0.25, 0.3) is 0 Å². The minimum Gasteiger partial charge on any atom is -0.344 e. The Kier molecular flexibility index (Phi) is 7.04. The van der Waals surface area contributed by atoms with Crippen molar-refractivity contribution >= 4 is 39.8 Å². The Labute approximate surface area is 162 Å². The van der Waals surface area contributed by atoms with Crippen LogP contribution in [0.3, 0.4) is 0 Å². The van der Waals surface area contributed by atoms with Gasteiger partial charge in [0.05, 0.1) is 29.0 Å². The van der Waals surface area contributed by atoms with Crippen LogP contribution in [-0.2, 0) is 11.0 Å². The highest BCUT2D eigenvalue weighted by atomic mass is 32.2. The summed E-state index contributed by atoms with van der Waals surface area (Å²) in [6.45, 7) is 2.03. The van der Waals surface area contributed by atoms with Gasteiger partial charge in [0.2, 0.25) is 11.0 Å². The van der Waals surface area contributed by atoms with Gasteiger partial charge in [-0.15, -0.1) is 10.2 Å². The Morgan fingerprint density at radius 2 is 2.11 bits per heavy atom. The summed E-state index contributed by atoms with van der Waals surface area (Å²) in [5.74, 6) is -0.164. The predicted octanol–water partition coefficient (Wildman–Crippen LogP) is 4.15. The van der Waals surface area contributed by atoms with Crippen molar-refractivity contribution in [3.63, 3.8) is 0 Å². The molecule has 2 aromatic rings. The molecular weight excluding hydrogens is 399 g/mol. The number of halogens is 3. The molecule has 1 aromatic carbocycles. The molecule has 0 aliphatic carbocycles. The molecule has 0 bridgehead atoms. The minimum absolute atomic E-state index is 0.113. The number of thioether (sulfide) groups is 1. The number of nitriles is 1. The number of nitrogens with zero attached hydrogens (tertiary/aromatic N) is 4. The van der Waals surface area contributed by atoms with E-state index in [9.17, 15) is 18.0 Å². The maximum absolute atomic E-state index is 13.0. The van der Waals surface area contributed by atoms with Crippen molar-refractivity contribution in [2.24, 2.45) is 0 Å². The van der Waals surface area contributed by atoms with Crippen LogP contribution in [0.1, 0.15) is 18.9 Å². The van der Waals surface area contributed by atoms with Crippen molar-refractivity contribution in [3.05, 3.63) is 29.8 Å². The van der Waals surface area contributed by atoms with Crippen molar-refractivity contribution in [1.82, 2.24) is 15.1 Å². The molecule has 0 radical (unpaired) electrons. The number of alkyl halides is 3. The Balaban J connectivity index is 2.04. The zero-order valence-corrected chi connectivity index (χ0v) is 16.1. The van der Waals surface area contributed by atoms with E-state index >= 15 is 0 Å². The van der Waals surface area contributed by atoms with Gasteiger partial charge in [-0.05, 0) is 19.1 Å². The van der Waals surface area contributed by atoms with Crippen LogP contribution in [0.25, 0.3) is 0 Å². The molecule has 1 aromatic heterocycles. The summed E-state index contributed by atoms with van der Waals surface area (Å²) < 4.78 is 39.6. The van der Waals surface area contributed by atoms with E-state index in [-0.39, 0.29) is 23.1 Å². The number of anilines is 2. The summed E-state index contributed by atoms with van der Waals surface area (Å²) in [4.78, 5) is 13.7. The Hall–Kier alpha value is -2.32. The van der Waals surface area contributed by atoms with E-state index in [1.165, 1.54) is 23.1 Å². The minimum atomic E-state index is -4.49. The predicted molar refractivity (Wildman–Crippen MR) is 97.8 cm³/mol. The van der Waals surface area contributed by atoms with E-state index in [0.29, 0.717) is 10.9 Å². The third kappa shape index (κ3) is 5.83. The molecule has 1 heterocycles. The second-order valence-electron chi connectivity index (χ2n) is 5.47. The second-order valence-corrected chi connectivity index (χ2v) is 8.03. The maximum atomic E-state index is 13.0. The number of amides is 1. The molecule has 0 aliphatic rings. The monoisotopic (exact) mass is 415 g/mol. The van der Waals surface area contributed by atoms with E-state index in [1.54, 1.807) is 14.0 Å². The smallest absolute Gasteiger partial charge is 0.344 e. The normalized spacial score (nSPS) is 12.3. The van der Waals surface area contributed by atoms with E-state index in [2.05, 4.69) is 15.5 Å². The lowest BCUT2D eigenvalue weighted by Gasteiger charge is -2.19. The second kappa shape index (κ2) is 9.05. The van der Waals surface area contributed by atoms with Crippen molar-refractivity contribution in [2.45, 2.75) is 29.1 Å². The standard InChI is InChI=1S/C16H16F3N5OS2/c1-10(13(25)24(2)9-5-8-20)26-15-23-22-14(27-15)21-12-7-4-3-6-11(12)16(17,18)19/h3-4,6-7,10H,5,9H2,1-2H3,(H,21,22)/t10-/m0/s1. The van der Waals surface area contributed by atoms with Gasteiger partial charge in [-0.25, -0.2) is 0 Å². The fourth-order valence-electron chi connectivity index (χ4n) is 2.10. The number of carbonyl (C=O) groups is 1. The van der Waals surface area contributed by atoms with Crippen molar-refractivity contribution in [1.29, 1.82) is 5.26 Å². The Morgan fingerprint density at radius 3 is 2.78 bits per heavy atom. The number of aromatic nitrogens is 2. The molecular formula is C16H16F3N5OS2. The van der Waals surface area contributed by atoms with Crippen molar-refractivity contribution in [2.75, 3.05) is 18.9 Å². The van der Waals surface area contributed by atoms with Crippen LogP contribution in [0.2, 0.25) is 0 Å². The van der Waals surface area contributed by atoms with Gasteiger partial charge in [-0.3, -0.25) is 4.79 Å². The molecule has 11 heteroatoms. The Morgan fingerprint density at radius 1 is 1.41 bits per heavy atom. The fraction of sp³-hybridized carbons (Fsp3) is 0.375. The highest BCUT2D eigenvalue weighted by molar-refractivity contribution is 8.02. The van der Waals surface area contributed by atoms with E-state index in [1.807, 2.05) is 6.07 Å². The van der Waals surface area contributed by atoms with Gasteiger partial charge in [-0.1, -0.05) is 35.2 Å². The molecule has 0 fully saturated rings. The molecule has 1 atom stereocenters. The van der Waals surface area contributed by atoms with E-state index in [0.717, 1.165) is 29.2 Å². The Bertz CT molecular complexity index is 834. The summed E-state index contributed by atoms with van der Waals surface area (Å²) in [6.07, 6.45) is -4.24. The van der Waals surface area contributed by atoms with Crippen LogP contribution >= 0.6 is 23.1 Å². The van der Waals surface area contributed by atoms with Gasteiger partial charge in [0.1, 0.15) is 0 Å². The summed E-state index contributed by atoms with van der Waals surface area (Å²) >= 11 is 2.22. The first kappa shape index (κ1) is 21.0. The molecule has 1 N–H and O–H groups in total. The molecule has 0 unspecified atom stereocenters. The number of hydrogen-bond acceptors (Lipinski definition) is 7. The number of hydrogen-bond donors (Lipinski definition) is 1. The zero-order valence-electron chi connectivity index (χ0n) is 14.4. The van der Waals surface area contributed by atoms with Crippen LogP contribution in [0, 0.1) is 11.3 Å². The van der Waals surface area contributed by atoms with Crippen LogP contribution < -0.4 is 5.32 Å². The van der Waals surface area contributed by atoms with E-state index < -0.39 is 17.0 Å². The molecule has 1 amide bonds. The summed E-state index contributed by atoms with van der Waals surface area (Å²) in [5, 5.41) is 18.7. The fourth-order valence-corrected chi connectivity index (χ4v) is 4.13. The van der Waals surface area contributed by atoms with Gasteiger partial charge >= 0.3 is 6.18 Å². The number of benzene rings is 1. The number of rotatable bonds is 7. The van der Waals surface area contributed by atoms with Gasteiger partial charge in [0, 0.05) is 13.6 Å². The lowest BCUT2D eigenvalue weighted by molar-refractivity contribution is -0.137. The molecule has 2 rings (SSSR count). The van der Waals surface area contributed by atoms with Crippen molar-refractivity contribution in [3.8, 4) is 6.07 Å². The lowest BCUT2D eigenvalue weighted by atomic mass is 10.2. The summed E-state index contributed by atoms with van der Waals surface area (Å²) in [6, 6.07) is 7.07. The highest BCUT2D eigenvalue weighted by Gasteiger charge is 2.33. The first-order valence-corrected chi connectivity index (χ1v) is 9.47. The van der Waals surface area contributed by atoms with Crippen LogP contribution in [0.4, 0.5) is 24.0 Å². The van der Waals surface area contributed by atoms with Gasteiger partial charge in [-0.2, -0.15) is 18.4 Å². The number of para-hydroxylation sites is 1. The van der Waals surface area contributed by atoms with Gasteiger partial charge < -0.3 is 10.2 Å². The average Bonchev–Trinajstić information content (AvgIpc) is 3.05. The molecule has 0 saturated carbocycles. The molecule has 27 heavy (non-hydrogen) atoms. The average molecular weight is 415 g/mol. The largest absolute Gasteiger partial charge is 0.418 e. The topological polar surface area (TPSA) is 81.9 Å². The molecule has 6 nitrogen and oxygen atoms in total. The molecule has 0 aliphatic heterocycles. The third-order valence-corrected chi connectivity index (χ3v) is 5.45. The third-order valence-electron chi connectivity index (χ3n) is 3.44. The highest BCUT2D eigenvalue weighted by Crippen LogP contribution is 2.37. The van der Waals surface area contributed by atoms with Crippen LogP contribution in [-0.4, -0.2) is 39.8 Å². The quantitative estimate of drug-likeness (QED) is 0.684. The summed E-state index contributed by atoms with van der Waals surface area (Å²) in [5.41, 5.74) is -0.907. The zero-order chi connectivity index (χ0) is 20.0. The molecule has 144 valence electrons. The maximum Gasteiger partial charge on any atom is 0.418 e. The number of carbonyl (C=O) groups excluding carboxylic acids is 1. The lowest BCUT2D eigenvalue weighted by Crippen LogP contribution is -2.33. The SMILES string of the molecule is C[C@H](Sc1nnc(Nc2ccccc2C(F)(F)F)s1)C(=O)N(C)CCC#N. The van der Waals surface area contributed by atoms with Crippen molar-refractivity contribution < 1.29 is 18.0 Å². The number of nitrogens with one attached hydrogen (secondary N) is 1. The van der Waals surface area contributed by atoms with Gasteiger partial charge in [0.15, 0.2) is 4.34 Å². The molecule has 0 saturated heterocycles. The van der Waals surface area contributed by atoms with Crippen LogP contribution in [0.5, 0.6) is 0 Å². The van der Waals surface area contributed by atoms with Crippen LogP contribution in [0.15, 0.2) is 28.6 Å².